The Labute approximate surface area is 92.6 Å². The summed E-state index contributed by atoms with van der Waals surface area (Å²) in [6.07, 6.45) is 2.85. The van der Waals surface area contributed by atoms with Crippen LogP contribution in [0.4, 0.5) is 5.82 Å². The van der Waals surface area contributed by atoms with Crippen LogP contribution >= 0.6 is 0 Å². The second-order valence-corrected chi connectivity index (χ2v) is 4.07. The van der Waals surface area contributed by atoms with E-state index in [1.807, 2.05) is 13.0 Å². The van der Waals surface area contributed by atoms with Crippen LogP contribution in [0.25, 0.3) is 0 Å². The molecular formula is C12H21N3. The van der Waals surface area contributed by atoms with Gasteiger partial charge >= 0.3 is 0 Å². The fraction of sp³-hybridized carbons (Fsp3) is 0.667. The fourth-order valence-corrected chi connectivity index (χ4v) is 1.50. The average Bonchev–Trinajstić information content (AvgIpc) is 2.25. The Morgan fingerprint density at radius 3 is 2.60 bits per heavy atom. The third-order valence-electron chi connectivity index (χ3n) is 2.72. The maximum Gasteiger partial charge on any atom is 0.132 e. The Hall–Kier alpha value is -1.12. The lowest BCUT2D eigenvalue weighted by Gasteiger charge is -2.25. The summed E-state index contributed by atoms with van der Waals surface area (Å²) in [7, 11) is 0. The number of hydrogen-bond acceptors (Lipinski definition) is 3. The van der Waals surface area contributed by atoms with Gasteiger partial charge < -0.3 is 4.90 Å². The van der Waals surface area contributed by atoms with Gasteiger partial charge in [0.2, 0.25) is 0 Å². The molecule has 1 unspecified atom stereocenters. The summed E-state index contributed by atoms with van der Waals surface area (Å²) in [6.45, 7) is 10.7. The number of nitrogens with zero attached hydrogens (tertiary/aromatic N) is 3. The van der Waals surface area contributed by atoms with E-state index < -0.39 is 0 Å². The first-order chi connectivity index (χ1) is 7.17. The molecule has 0 N–H and O–H groups in total. The van der Waals surface area contributed by atoms with Crippen LogP contribution in [0.2, 0.25) is 0 Å². The highest BCUT2D eigenvalue weighted by atomic mass is 15.2. The lowest BCUT2D eigenvalue weighted by Crippen LogP contribution is -2.28. The van der Waals surface area contributed by atoms with Gasteiger partial charge in [-0.2, -0.15) is 0 Å². The maximum absolute atomic E-state index is 4.31. The average molecular weight is 207 g/mol. The predicted molar refractivity (Wildman–Crippen MR) is 64.1 cm³/mol. The van der Waals surface area contributed by atoms with Gasteiger partial charge in [-0.05, 0) is 19.8 Å². The van der Waals surface area contributed by atoms with Crippen LogP contribution in [0.3, 0.4) is 0 Å². The standard InChI is InChI=1S/C12H21N3/c1-5-10(3)8-15(6-2)12-7-11(4)13-9-14-12/h7,9-10H,5-6,8H2,1-4H3. The van der Waals surface area contributed by atoms with Crippen molar-refractivity contribution < 1.29 is 0 Å². The monoisotopic (exact) mass is 207 g/mol. The normalized spacial score (nSPS) is 12.5. The van der Waals surface area contributed by atoms with Gasteiger partial charge in [0.15, 0.2) is 0 Å². The smallest absolute Gasteiger partial charge is 0.132 e. The highest BCUT2D eigenvalue weighted by molar-refractivity contribution is 5.38. The Balaban J connectivity index is 2.73. The van der Waals surface area contributed by atoms with Crippen LogP contribution in [0.1, 0.15) is 32.9 Å². The molecule has 84 valence electrons. The van der Waals surface area contributed by atoms with Gasteiger partial charge in [0, 0.05) is 24.8 Å². The Morgan fingerprint density at radius 2 is 2.07 bits per heavy atom. The zero-order chi connectivity index (χ0) is 11.3. The van der Waals surface area contributed by atoms with Gasteiger partial charge in [-0.1, -0.05) is 20.3 Å². The van der Waals surface area contributed by atoms with Crippen LogP contribution in [-0.4, -0.2) is 23.1 Å². The van der Waals surface area contributed by atoms with Crippen molar-refractivity contribution in [3.63, 3.8) is 0 Å². The van der Waals surface area contributed by atoms with Crippen molar-refractivity contribution in [3.05, 3.63) is 18.1 Å². The molecule has 0 fully saturated rings. The van der Waals surface area contributed by atoms with E-state index >= 15 is 0 Å². The first kappa shape index (κ1) is 12.0. The molecule has 0 amide bonds. The molecule has 0 aromatic carbocycles. The molecule has 15 heavy (non-hydrogen) atoms. The maximum atomic E-state index is 4.31. The topological polar surface area (TPSA) is 29.0 Å². The summed E-state index contributed by atoms with van der Waals surface area (Å²) in [4.78, 5) is 10.7. The van der Waals surface area contributed by atoms with Gasteiger partial charge in [-0.15, -0.1) is 0 Å². The summed E-state index contributed by atoms with van der Waals surface area (Å²) in [5.41, 5.74) is 1.03. The van der Waals surface area contributed by atoms with Crippen LogP contribution in [0, 0.1) is 12.8 Å². The molecule has 1 heterocycles. The molecular weight excluding hydrogens is 186 g/mol. The molecule has 0 saturated carbocycles. The Kier molecular flexibility index (Phi) is 4.53. The summed E-state index contributed by atoms with van der Waals surface area (Å²) >= 11 is 0. The number of hydrogen-bond donors (Lipinski definition) is 0. The summed E-state index contributed by atoms with van der Waals surface area (Å²) < 4.78 is 0. The van der Waals surface area contributed by atoms with Gasteiger partial charge in [0.25, 0.3) is 0 Å². The molecule has 3 nitrogen and oxygen atoms in total. The summed E-state index contributed by atoms with van der Waals surface area (Å²) in [6, 6.07) is 2.05. The van der Waals surface area contributed by atoms with E-state index in [9.17, 15) is 0 Å². The second-order valence-electron chi connectivity index (χ2n) is 4.07. The van der Waals surface area contributed by atoms with Gasteiger partial charge in [0.1, 0.15) is 12.1 Å². The molecule has 0 aliphatic heterocycles. The van der Waals surface area contributed by atoms with Crippen molar-refractivity contribution >= 4 is 5.82 Å². The first-order valence-corrected chi connectivity index (χ1v) is 5.71. The third kappa shape index (κ3) is 3.50. The Bertz CT molecular complexity index is 299. The summed E-state index contributed by atoms with van der Waals surface area (Å²) in [5, 5.41) is 0. The molecule has 1 aromatic heterocycles. The van der Waals surface area contributed by atoms with E-state index in [4.69, 9.17) is 0 Å². The molecule has 0 spiro atoms. The minimum atomic E-state index is 0.709. The van der Waals surface area contributed by atoms with Crippen molar-refractivity contribution in [3.8, 4) is 0 Å². The number of aromatic nitrogens is 2. The van der Waals surface area contributed by atoms with E-state index in [0.29, 0.717) is 5.92 Å². The minimum Gasteiger partial charge on any atom is -0.357 e. The molecule has 0 radical (unpaired) electrons. The fourth-order valence-electron chi connectivity index (χ4n) is 1.50. The van der Waals surface area contributed by atoms with Gasteiger partial charge in [0.05, 0.1) is 0 Å². The number of anilines is 1. The zero-order valence-electron chi connectivity index (χ0n) is 10.2. The Morgan fingerprint density at radius 1 is 1.33 bits per heavy atom. The third-order valence-corrected chi connectivity index (χ3v) is 2.72. The zero-order valence-corrected chi connectivity index (χ0v) is 10.2. The van der Waals surface area contributed by atoms with Crippen LogP contribution in [-0.2, 0) is 0 Å². The number of aryl methyl sites for hydroxylation is 1. The van der Waals surface area contributed by atoms with E-state index in [1.165, 1.54) is 6.42 Å². The van der Waals surface area contributed by atoms with E-state index in [0.717, 1.165) is 24.6 Å². The van der Waals surface area contributed by atoms with Gasteiger partial charge in [-0.3, -0.25) is 0 Å². The van der Waals surface area contributed by atoms with Crippen molar-refractivity contribution in [2.75, 3.05) is 18.0 Å². The highest BCUT2D eigenvalue weighted by Gasteiger charge is 2.09. The SMILES string of the molecule is CCC(C)CN(CC)c1cc(C)ncn1. The minimum absolute atomic E-state index is 0.709. The van der Waals surface area contributed by atoms with Gasteiger partial charge in [-0.25, -0.2) is 9.97 Å². The quantitative estimate of drug-likeness (QED) is 0.743. The van der Waals surface area contributed by atoms with Crippen LogP contribution in [0.5, 0.6) is 0 Å². The molecule has 1 rings (SSSR count). The second kappa shape index (κ2) is 5.69. The first-order valence-electron chi connectivity index (χ1n) is 5.71. The van der Waals surface area contributed by atoms with E-state index in [2.05, 4.69) is 35.6 Å². The van der Waals surface area contributed by atoms with E-state index in [1.54, 1.807) is 6.33 Å². The van der Waals surface area contributed by atoms with Crippen molar-refractivity contribution in [2.45, 2.75) is 34.1 Å². The summed E-state index contributed by atoms with van der Waals surface area (Å²) in [5.74, 6) is 1.76. The molecule has 1 aromatic rings. The molecule has 0 saturated heterocycles. The molecule has 0 bridgehead atoms. The number of rotatable bonds is 5. The molecule has 0 aliphatic carbocycles. The lowest BCUT2D eigenvalue weighted by molar-refractivity contribution is 0.545. The van der Waals surface area contributed by atoms with Crippen LogP contribution in [0.15, 0.2) is 12.4 Å². The predicted octanol–water partition coefficient (Wildman–Crippen LogP) is 2.66. The largest absolute Gasteiger partial charge is 0.357 e. The van der Waals surface area contributed by atoms with E-state index in [-0.39, 0.29) is 0 Å². The molecule has 1 atom stereocenters. The van der Waals surface area contributed by atoms with Crippen molar-refractivity contribution in [2.24, 2.45) is 5.92 Å². The van der Waals surface area contributed by atoms with Crippen molar-refractivity contribution in [1.82, 2.24) is 9.97 Å². The molecule has 3 heteroatoms. The highest BCUT2D eigenvalue weighted by Crippen LogP contribution is 2.13. The van der Waals surface area contributed by atoms with Crippen molar-refractivity contribution in [1.29, 1.82) is 0 Å². The lowest BCUT2D eigenvalue weighted by atomic mass is 10.1. The van der Waals surface area contributed by atoms with Crippen LogP contribution < -0.4 is 4.90 Å². The molecule has 0 aliphatic rings.